The number of carbonyl (C=O) groups is 1. The number of aromatic amines is 1. The number of carboxylic acids is 1. The molecule has 0 amide bonds. The third-order valence-corrected chi connectivity index (χ3v) is 3.68. The molecule has 3 aromatic rings. The minimum atomic E-state index is -1.00. The topological polar surface area (TPSA) is 75.1 Å². The second kappa shape index (κ2) is 4.40. The van der Waals surface area contributed by atoms with Gasteiger partial charge in [0.1, 0.15) is 0 Å². The summed E-state index contributed by atoms with van der Waals surface area (Å²) in [5.41, 5.74) is 2.21. The van der Waals surface area contributed by atoms with Gasteiger partial charge in [-0.3, -0.25) is 4.57 Å². The van der Waals surface area contributed by atoms with E-state index in [2.05, 4.69) is 4.98 Å². The van der Waals surface area contributed by atoms with Crippen molar-refractivity contribution in [2.24, 2.45) is 0 Å². The fourth-order valence-electron chi connectivity index (χ4n) is 2.01. The molecule has 1 aromatic carbocycles. The molecule has 96 valence electrons. The molecule has 6 heteroatoms. The Balaban J connectivity index is 2.16. The number of carboxylic acid groups (broad SMARTS) is 1. The van der Waals surface area contributed by atoms with Crippen molar-refractivity contribution in [3.8, 4) is 0 Å². The zero-order valence-electron chi connectivity index (χ0n) is 9.79. The van der Waals surface area contributed by atoms with Crippen LogP contribution >= 0.6 is 11.3 Å². The highest BCUT2D eigenvalue weighted by atomic mass is 32.1. The Morgan fingerprint density at radius 3 is 2.89 bits per heavy atom. The minimum Gasteiger partial charge on any atom is -0.478 e. The number of thiophene rings is 1. The second-order valence-electron chi connectivity index (χ2n) is 4.18. The minimum absolute atomic E-state index is 0.172. The Kier molecular flexibility index (Phi) is 2.72. The zero-order valence-corrected chi connectivity index (χ0v) is 10.6. The summed E-state index contributed by atoms with van der Waals surface area (Å²) in [7, 11) is 0. The average Bonchev–Trinajstić information content (AvgIpc) is 2.98. The molecule has 0 aliphatic heterocycles. The van der Waals surface area contributed by atoms with Crippen molar-refractivity contribution in [2.75, 3.05) is 0 Å². The van der Waals surface area contributed by atoms with Gasteiger partial charge in [0, 0.05) is 0 Å². The lowest BCUT2D eigenvalue weighted by Crippen LogP contribution is -2.17. The van der Waals surface area contributed by atoms with Crippen LogP contribution in [-0.2, 0) is 6.54 Å². The monoisotopic (exact) mass is 274 g/mol. The summed E-state index contributed by atoms with van der Waals surface area (Å²) in [5.74, 6) is -1.00. The molecule has 0 aliphatic carbocycles. The summed E-state index contributed by atoms with van der Waals surface area (Å²) in [4.78, 5) is 25.6. The van der Waals surface area contributed by atoms with E-state index in [9.17, 15) is 9.59 Å². The largest absolute Gasteiger partial charge is 0.478 e. The van der Waals surface area contributed by atoms with Gasteiger partial charge in [-0.05, 0) is 40.6 Å². The van der Waals surface area contributed by atoms with Crippen LogP contribution in [0.4, 0.5) is 0 Å². The Labute approximate surface area is 111 Å². The number of H-pyrrole nitrogens is 1. The van der Waals surface area contributed by atoms with Crippen molar-refractivity contribution in [3.63, 3.8) is 0 Å². The first-order valence-electron chi connectivity index (χ1n) is 5.62. The van der Waals surface area contributed by atoms with Crippen LogP contribution in [0.1, 0.15) is 15.9 Å². The first kappa shape index (κ1) is 11.7. The van der Waals surface area contributed by atoms with Gasteiger partial charge in [-0.15, -0.1) is 0 Å². The number of imidazole rings is 1. The van der Waals surface area contributed by atoms with E-state index in [-0.39, 0.29) is 11.3 Å². The summed E-state index contributed by atoms with van der Waals surface area (Å²) < 4.78 is 1.55. The van der Waals surface area contributed by atoms with Crippen molar-refractivity contribution in [2.45, 2.75) is 6.54 Å². The molecule has 2 N–H and O–H groups in total. The lowest BCUT2D eigenvalue weighted by molar-refractivity contribution is 0.0697. The summed E-state index contributed by atoms with van der Waals surface area (Å²) in [6, 6.07) is 6.55. The standard InChI is InChI=1S/C13H10N2O3S/c16-12(17)9-1-2-10-11(5-9)15(13(18)14-10)6-8-3-4-19-7-8/h1-5,7H,6H2,(H,14,18)(H,16,17). The Morgan fingerprint density at radius 2 is 2.21 bits per heavy atom. The zero-order chi connectivity index (χ0) is 13.4. The third kappa shape index (κ3) is 2.06. The molecular weight excluding hydrogens is 264 g/mol. The lowest BCUT2D eigenvalue weighted by Gasteiger charge is -2.02. The van der Waals surface area contributed by atoms with Crippen LogP contribution in [0.2, 0.25) is 0 Å². The maximum absolute atomic E-state index is 11.9. The highest BCUT2D eigenvalue weighted by molar-refractivity contribution is 7.07. The van der Waals surface area contributed by atoms with Crippen LogP contribution in [0.3, 0.4) is 0 Å². The van der Waals surface area contributed by atoms with E-state index in [0.29, 0.717) is 17.6 Å². The van der Waals surface area contributed by atoms with E-state index in [0.717, 1.165) is 5.56 Å². The Bertz CT molecular complexity index is 799. The van der Waals surface area contributed by atoms with Gasteiger partial charge in [-0.2, -0.15) is 11.3 Å². The number of hydrogen-bond donors (Lipinski definition) is 2. The predicted molar refractivity (Wildman–Crippen MR) is 72.9 cm³/mol. The molecule has 0 saturated heterocycles. The summed E-state index contributed by atoms with van der Waals surface area (Å²) >= 11 is 1.56. The highest BCUT2D eigenvalue weighted by Crippen LogP contribution is 2.15. The highest BCUT2D eigenvalue weighted by Gasteiger charge is 2.10. The number of fused-ring (bicyclic) bond motifs is 1. The van der Waals surface area contributed by atoms with Crippen molar-refractivity contribution in [3.05, 3.63) is 56.6 Å². The van der Waals surface area contributed by atoms with Crippen molar-refractivity contribution in [1.82, 2.24) is 9.55 Å². The number of rotatable bonds is 3. The Hall–Kier alpha value is -2.34. The molecule has 0 radical (unpaired) electrons. The first-order valence-corrected chi connectivity index (χ1v) is 6.56. The number of aromatic carboxylic acids is 1. The Morgan fingerprint density at radius 1 is 1.37 bits per heavy atom. The van der Waals surface area contributed by atoms with Gasteiger partial charge in [0.2, 0.25) is 0 Å². The van der Waals surface area contributed by atoms with Crippen LogP contribution in [0.5, 0.6) is 0 Å². The van der Waals surface area contributed by atoms with Gasteiger partial charge in [0.25, 0.3) is 0 Å². The van der Waals surface area contributed by atoms with Gasteiger partial charge >= 0.3 is 11.7 Å². The van der Waals surface area contributed by atoms with E-state index in [1.807, 2.05) is 16.8 Å². The smallest absolute Gasteiger partial charge is 0.335 e. The molecular formula is C13H10N2O3S. The molecule has 0 spiro atoms. The SMILES string of the molecule is O=C(O)c1ccc2[nH]c(=O)n(Cc3ccsc3)c2c1. The average molecular weight is 274 g/mol. The van der Waals surface area contributed by atoms with Crippen LogP contribution in [0.15, 0.2) is 39.8 Å². The fourth-order valence-corrected chi connectivity index (χ4v) is 2.67. The van der Waals surface area contributed by atoms with Gasteiger partial charge < -0.3 is 10.1 Å². The quantitative estimate of drug-likeness (QED) is 0.768. The molecule has 0 saturated carbocycles. The van der Waals surface area contributed by atoms with Gasteiger partial charge in [-0.1, -0.05) is 0 Å². The number of aromatic nitrogens is 2. The van der Waals surface area contributed by atoms with E-state index in [1.165, 1.54) is 12.1 Å². The number of nitrogens with one attached hydrogen (secondary N) is 1. The van der Waals surface area contributed by atoms with Crippen molar-refractivity contribution >= 4 is 28.3 Å². The van der Waals surface area contributed by atoms with Crippen LogP contribution in [0.25, 0.3) is 11.0 Å². The second-order valence-corrected chi connectivity index (χ2v) is 4.97. The summed E-state index contributed by atoms with van der Waals surface area (Å²) in [5, 5.41) is 12.9. The van der Waals surface area contributed by atoms with Crippen molar-refractivity contribution in [1.29, 1.82) is 0 Å². The van der Waals surface area contributed by atoms with Crippen LogP contribution in [0, 0.1) is 0 Å². The van der Waals surface area contributed by atoms with Crippen LogP contribution in [-0.4, -0.2) is 20.6 Å². The van der Waals surface area contributed by atoms with Crippen molar-refractivity contribution < 1.29 is 9.90 Å². The molecule has 19 heavy (non-hydrogen) atoms. The predicted octanol–water partition coefficient (Wildman–Crippen LogP) is 2.14. The van der Waals surface area contributed by atoms with E-state index in [1.54, 1.807) is 22.0 Å². The van der Waals surface area contributed by atoms with E-state index < -0.39 is 5.97 Å². The fraction of sp³-hybridized carbons (Fsp3) is 0.0769. The molecule has 0 atom stereocenters. The number of nitrogens with zero attached hydrogens (tertiary/aromatic N) is 1. The maximum Gasteiger partial charge on any atom is 0.335 e. The number of hydrogen-bond acceptors (Lipinski definition) is 3. The summed E-state index contributed by atoms with van der Waals surface area (Å²) in [6.07, 6.45) is 0. The molecule has 0 fully saturated rings. The normalized spacial score (nSPS) is 10.9. The molecule has 3 rings (SSSR count). The lowest BCUT2D eigenvalue weighted by atomic mass is 10.2. The van der Waals surface area contributed by atoms with Gasteiger partial charge in [-0.25, -0.2) is 9.59 Å². The molecule has 0 aliphatic rings. The molecule has 5 nitrogen and oxygen atoms in total. The first-order chi connectivity index (χ1) is 9.15. The number of benzene rings is 1. The molecule has 2 heterocycles. The third-order valence-electron chi connectivity index (χ3n) is 2.94. The van der Waals surface area contributed by atoms with E-state index in [4.69, 9.17) is 5.11 Å². The molecule has 0 bridgehead atoms. The summed E-state index contributed by atoms with van der Waals surface area (Å²) in [6.45, 7) is 0.436. The molecule has 0 unspecified atom stereocenters. The van der Waals surface area contributed by atoms with Gasteiger partial charge in [0.15, 0.2) is 0 Å². The maximum atomic E-state index is 11.9. The molecule has 2 aromatic heterocycles. The van der Waals surface area contributed by atoms with Crippen LogP contribution < -0.4 is 5.69 Å². The van der Waals surface area contributed by atoms with E-state index >= 15 is 0 Å². The van der Waals surface area contributed by atoms with Gasteiger partial charge in [0.05, 0.1) is 23.1 Å².